The maximum absolute atomic E-state index is 15.4. The van der Waals surface area contributed by atoms with Crippen LogP contribution < -0.4 is 37.6 Å². The van der Waals surface area contributed by atoms with Crippen molar-refractivity contribution in [2.45, 2.75) is 179 Å². The summed E-state index contributed by atoms with van der Waals surface area (Å²) in [4.78, 5) is 243. The van der Waals surface area contributed by atoms with Gasteiger partial charge in [-0.2, -0.15) is 11.8 Å². The molecule has 0 bridgehead atoms. The maximum Gasteiger partial charge on any atom is 0.293 e. The lowest BCUT2D eigenvalue weighted by Crippen LogP contribution is -2.59. The number of fused-ring (bicyclic) bond motifs is 1. The van der Waals surface area contributed by atoms with Gasteiger partial charge in [0, 0.05) is 122 Å². The molecule has 6 aromatic rings. The summed E-state index contributed by atoms with van der Waals surface area (Å²) in [6.45, 7) is 6.91. The normalized spacial score (nSPS) is 22.3. The van der Waals surface area contributed by atoms with E-state index in [1.54, 1.807) is 125 Å². The Labute approximate surface area is 743 Å². The van der Waals surface area contributed by atoms with E-state index < -0.39 is 211 Å². The molecule has 0 spiro atoms. The quantitative estimate of drug-likeness (QED) is 0.0321. The number of aromatic hydroxyl groups is 2. The monoisotopic (exact) mass is 1780 g/mol. The minimum Gasteiger partial charge on any atom is -0.508 e. The minimum absolute atomic E-state index is 0.0547. The lowest BCUT2D eigenvalue weighted by atomic mass is 9.84. The number of phenols is 2. The highest BCUT2D eigenvalue weighted by molar-refractivity contribution is 8.00. The molecule has 7 rings (SSSR count). The van der Waals surface area contributed by atoms with Crippen molar-refractivity contribution in [3.63, 3.8) is 0 Å². The number of aromatic nitrogens is 1. The van der Waals surface area contributed by atoms with Gasteiger partial charge >= 0.3 is 0 Å². The number of hydrogen-bond acceptors (Lipinski definition) is 21. The van der Waals surface area contributed by atoms with E-state index in [1.807, 2.05) is 6.92 Å². The largest absolute Gasteiger partial charge is 0.508 e. The molecule has 1 fully saturated rings. The number of nitrogens with zero attached hydrogens (tertiary/aromatic N) is 5. The van der Waals surface area contributed by atoms with Gasteiger partial charge < -0.3 is 82.1 Å². The van der Waals surface area contributed by atoms with Crippen molar-refractivity contribution in [3.8, 4) is 11.5 Å². The molecular weight excluding hydrogens is 1660 g/mol. The first-order chi connectivity index (χ1) is 60.0. The third-order valence-corrected chi connectivity index (χ3v) is 23.9. The zero-order valence-electron chi connectivity index (χ0n) is 73.5. The Balaban J connectivity index is 1.32. The Bertz CT molecular complexity index is 4730. The zero-order valence-corrected chi connectivity index (χ0v) is 75.1. The predicted molar refractivity (Wildman–Crippen MR) is 478 cm³/mol. The Morgan fingerprint density at radius 1 is 0.540 bits per heavy atom. The molecule has 0 saturated carbocycles. The standard InChI is InChI=1S/C92H121N13O19S2/c1-12-13-28-76-91(122)101(6)50-66(109)46-63(52-124-55-106)80(111)48-68(57(4)5)88(119)104(9)77(44-58-22-16-14-17-23-58)87(118)99-74(43-61-31-35-65(108)36-32-61)89(120)102(7)51-82(113)96-73(47-62-49-94-69-27-21-20-26-67(62)69)86(117)98-72(42-60-29-33-64(107)34-30-60)85(116)97-71(41-56(2)3)84(115)100-75(79(110)37-38-81(93)112)53-126-54-83(114)95-70(39-40-125-11)90(121)105(10)78(92(123)103(76)8)45-59-24-18-15-19-25-59/h14-27,29-36,49,55-57,63,68,70-78,94,107-108H,12-13,28,37-48,50-54H2,1-11H3,(H2,93,112)(H,95,114)(H,96,113)(H,97,116)(H,98,117)(H,99,118)(H,100,115)/t63-,68-,70-,71-,72-,73-,74-,75-,76-,77-,78-/m0/s1. The number of thioether (sulfide) groups is 2. The molecule has 126 heavy (non-hydrogen) atoms. The summed E-state index contributed by atoms with van der Waals surface area (Å²) in [5, 5.41) is 38.1. The Morgan fingerprint density at radius 3 is 1.64 bits per heavy atom. The van der Waals surface area contributed by atoms with E-state index in [1.165, 1.54) is 105 Å². The molecule has 1 aliphatic rings. The molecule has 0 radical (unpaired) electrons. The number of hydrogen-bond donors (Lipinski definition) is 10. The lowest BCUT2D eigenvalue weighted by molar-refractivity contribution is -0.151. The van der Waals surface area contributed by atoms with E-state index in [9.17, 15) is 53.4 Å². The van der Waals surface area contributed by atoms with Crippen LogP contribution in [0, 0.1) is 23.7 Å². The molecule has 1 saturated heterocycles. The average Bonchev–Trinajstić information content (AvgIpc) is 1.17. The van der Waals surface area contributed by atoms with Crippen LogP contribution in [0.4, 0.5) is 0 Å². The highest BCUT2D eigenvalue weighted by atomic mass is 32.2. The van der Waals surface area contributed by atoms with Crippen LogP contribution in [-0.2, 0) is 114 Å². The number of aromatic amines is 1. The van der Waals surface area contributed by atoms with Gasteiger partial charge in [0.05, 0.1) is 30.8 Å². The number of unbranched alkanes of at least 4 members (excludes halogenated alkanes) is 1. The topological polar surface area (TPSA) is 453 Å². The molecule has 11 N–H and O–H groups in total. The fourth-order valence-corrected chi connectivity index (χ4v) is 16.4. The second-order valence-corrected chi connectivity index (χ2v) is 34.9. The number of likely N-dealkylation sites (N-methyl/N-ethyl adjacent to an activating group) is 5. The van der Waals surface area contributed by atoms with Gasteiger partial charge in [-0.05, 0) is 101 Å². The summed E-state index contributed by atoms with van der Waals surface area (Å²) in [6, 6.07) is 23.3. The Hall–Kier alpha value is -11.9. The van der Waals surface area contributed by atoms with Crippen LogP contribution in [0.1, 0.15) is 120 Å². The van der Waals surface area contributed by atoms with Gasteiger partial charge in [-0.25, -0.2) is 0 Å². The number of rotatable bonds is 26. The first-order valence-corrected chi connectivity index (χ1v) is 44.8. The molecule has 34 heteroatoms. The van der Waals surface area contributed by atoms with Gasteiger partial charge in [-0.3, -0.25) is 76.7 Å². The van der Waals surface area contributed by atoms with Crippen molar-refractivity contribution in [3.05, 3.63) is 167 Å². The average molecular weight is 1780 g/mol. The molecule has 32 nitrogen and oxygen atoms in total. The van der Waals surface area contributed by atoms with Gasteiger partial charge in [0.25, 0.3) is 6.47 Å². The number of H-pyrrole nitrogens is 1. The number of carbonyl (C=O) groups excluding carboxylic acids is 16. The smallest absolute Gasteiger partial charge is 0.293 e. The van der Waals surface area contributed by atoms with Gasteiger partial charge in [0.1, 0.15) is 72.2 Å². The molecule has 5 aromatic carbocycles. The van der Waals surface area contributed by atoms with Crippen molar-refractivity contribution in [2.24, 2.45) is 29.4 Å². The van der Waals surface area contributed by atoms with Crippen LogP contribution in [0.5, 0.6) is 11.5 Å². The van der Waals surface area contributed by atoms with Crippen molar-refractivity contribution in [2.75, 3.05) is 78.4 Å². The molecule has 0 aliphatic carbocycles. The number of ketones is 3. The van der Waals surface area contributed by atoms with Crippen LogP contribution in [0.2, 0.25) is 0 Å². The number of amides is 12. The first-order valence-electron chi connectivity index (χ1n) is 42.3. The number of carbonyl (C=O) groups is 16. The predicted octanol–water partition coefficient (Wildman–Crippen LogP) is 4.95. The van der Waals surface area contributed by atoms with E-state index in [0.29, 0.717) is 57.3 Å². The molecule has 1 aliphatic heterocycles. The second kappa shape index (κ2) is 50.3. The molecular formula is C92H121N13O19S2. The van der Waals surface area contributed by atoms with E-state index in [4.69, 9.17) is 10.5 Å². The minimum atomic E-state index is -1.57. The third-order valence-electron chi connectivity index (χ3n) is 22.3. The highest BCUT2D eigenvalue weighted by Crippen LogP contribution is 2.28. The molecule has 12 amide bonds. The number of para-hydroxylation sites is 1. The zero-order chi connectivity index (χ0) is 92.4. The molecule has 0 unspecified atom stereocenters. The summed E-state index contributed by atoms with van der Waals surface area (Å²) < 4.78 is 5.15. The maximum atomic E-state index is 15.4. The molecule has 11 atom stereocenters. The van der Waals surface area contributed by atoms with Gasteiger partial charge in [0.2, 0.25) is 70.9 Å². The fourth-order valence-electron chi connectivity index (χ4n) is 15.0. The summed E-state index contributed by atoms with van der Waals surface area (Å²) >= 11 is 2.27. The number of nitrogens with one attached hydrogen (secondary N) is 7. The lowest BCUT2D eigenvalue weighted by Gasteiger charge is -2.37. The van der Waals surface area contributed by atoms with Crippen molar-refractivity contribution in [1.82, 2.24) is 61.4 Å². The molecule has 2 heterocycles. The van der Waals surface area contributed by atoms with E-state index in [-0.39, 0.29) is 81.0 Å². The van der Waals surface area contributed by atoms with E-state index in [0.717, 1.165) is 26.5 Å². The number of ether oxygens (including phenoxy) is 1. The summed E-state index contributed by atoms with van der Waals surface area (Å²) in [6.07, 6.45) is 1.58. The van der Waals surface area contributed by atoms with Gasteiger partial charge in [0.15, 0.2) is 11.6 Å². The van der Waals surface area contributed by atoms with Crippen molar-refractivity contribution < 1.29 is 91.7 Å². The summed E-state index contributed by atoms with van der Waals surface area (Å²) in [5.41, 5.74) is 8.76. The summed E-state index contributed by atoms with van der Waals surface area (Å²) in [7, 11) is 6.83. The van der Waals surface area contributed by atoms with Crippen LogP contribution in [0.3, 0.4) is 0 Å². The van der Waals surface area contributed by atoms with Crippen LogP contribution in [-0.4, -0.2) is 267 Å². The van der Waals surface area contributed by atoms with Gasteiger partial charge in [-0.15, -0.1) is 11.8 Å². The number of nitrogens with two attached hydrogens (primary N) is 1. The first kappa shape index (κ1) is 101. The second-order valence-electron chi connectivity index (χ2n) is 32.8. The fraction of sp³-hybridized carbons (Fsp3) is 0.478. The number of Topliss-reactive ketones (excluding diaryl/α,β-unsaturated/α-hetero) is 3. The SMILES string of the molecule is CCCC[C@H]1C(=O)N(C)CC(=O)C[C@@H](COC=O)C(=O)C[C@@H](C(C)C)C(=O)N(C)[C@@H](Cc2ccccc2)C(=O)N[C@@H](Cc2ccc(O)cc2)C(=O)N(C)CC(=O)N[C@@H](Cc2c[nH]c3ccccc23)C(=O)N[C@@H](Cc2ccc(O)cc2)C(=O)N[C@@H](CC(C)C)C(=O)N[C@H](C(=O)CCC(N)=O)CSCC(=O)N[C@@H](CCSC)C(=O)N(C)[C@@H](Cc2ccccc2)C(=O)N1C. The number of benzene rings is 5. The Morgan fingerprint density at radius 2 is 1.06 bits per heavy atom. The van der Waals surface area contributed by atoms with E-state index in [2.05, 4.69) is 36.9 Å². The highest BCUT2D eigenvalue weighted by Gasteiger charge is 2.42. The number of primary amides is 1. The molecule has 680 valence electrons. The molecule has 1 aromatic heterocycles. The van der Waals surface area contributed by atoms with Crippen molar-refractivity contribution in [1.29, 1.82) is 0 Å². The van der Waals surface area contributed by atoms with Crippen molar-refractivity contribution >= 4 is 129 Å². The summed E-state index contributed by atoms with van der Waals surface area (Å²) in [5.74, 6) is -15.7. The third kappa shape index (κ3) is 31.0. The van der Waals surface area contributed by atoms with Crippen LogP contribution in [0.15, 0.2) is 140 Å². The van der Waals surface area contributed by atoms with Gasteiger partial charge in [-0.1, -0.05) is 151 Å². The van der Waals surface area contributed by atoms with E-state index >= 15 is 33.6 Å². The Kier molecular flexibility index (Phi) is 40.4. The van der Waals surface area contributed by atoms with Crippen LogP contribution >= 0.6 is 23.5 Å². The number of phenolic OH excluding ortho intramolecular Hbond substituents is 2. The van der Waals surface area contributed by atoms with Crippen LogP contribution in [0.25, 0.3) is 10.9 Å².